The fraction of sp³-hybridized carbons (Fsp3) is 0.500. The summed E-state index contributed by atoms with van der Waals surface area (Å²) in [7, 11) is 1.37. The minimum atomic E-state index is -0.519. The van der Waals surface area contributed by atoms with Crippen LogP contribution in [0, 0.1) is 3.95 Å². The minimum absolute atomic E-state index is 0.313. The zero-order valence-electron chi connectivity index (χ0n) is 15.6. The molecule has 1 saturated heterocycles. The summed E-state index contributed by atoms with van der Waals surface area (Å²) in [6.07, 6.45) is -0.124. The van der Waals surface area contributed by atoms with E-state index in [4.69, 9.17) is 17.0 Å². The van der Waals surface area contributed by atoms with Crippen molar-refractivity contribution in [3.63, 3.8) is 0 Å². The van der Waals surface area contributed by atoms with Crippen molar-refractivity contribution in [2.24, 2.45) is 0 Å². The van der Waals surface area contributed by atoms with Crippen LogP contribution in [0.3, 0.4) is 0 Å². The van der Waals surface area contributed by atoms with Crippen molar-refractivity contribution in [2.45, 2.75) is 45.0 Å². The van der Waals surface area contributed by atoms with Gasteiger partial charge in [-0.25, -0.2) is 4.79 Å². The summed E-state index contributed by atoms with van der Waals surface area (Å²) >= 11 is 6.81. The number of carbonyl (C=O) groups excluding carboxylic acids is 1. The molecule has 2 aromatic rings. The molecule has 27 heavy (non-hydrogen) atoms. The molecule has 1 aliphatic heterocycles. The smallest absolute Gasteiger partial charge is 0.364 e. The Morgan fingerprint density at radius 2 is 2.19 bits per heavy atom. The van der Waals surface area contributed by atoms with Crippen LogP contribution in [-0.2, 0) is 16.2 Å². The number of aromatic nitrogens is 2. The van der Waals surface area contributed by atoms with Gasteiger partial charge in [0.1, 0.15) is 12.6 Å². The van der Waals surface area contributed by atoms with Crippen LogP contribution in [0.2, 0.25) is 0 Å². The van der Waals surface area contributed by atoms with E-state index in [1.165, 1.54) is 24.0 Å². The van der Waals surface area contributed by atoms with E-state index in [2.05, 4.69) is 36.4 Å². The topological polar surface area (TPSA) is 80.8 Å². The molecule has 1 unspecified atom stereocenters. The Kier molecular flexibility index (Phi) is 6.25. The summed E-state index contributed by atoms with van der Waals surface area (Å²) in [4.78, 5) is 12.9. The number of hydrogen-bond acceptors (Lipinski definition) is 7. The van der Waals surface area contributed by atoms with E-state index in [1.54, 1.807) is 4.68 Å². The Hall–Kier alpha value is -1.81. The maximum absolute atomic E-state index is 11.9. The van der Waals surface area contributed by atoms with Crippen LogP contribution in [-0.4, -0.2) is 46.7 Å². The predicted molar refractivity (Wildman–Crippen MR) is 107 cm³/mol. The van der Waals surface area contributed by atoms with Crippen molar-refractivity contribution in [2.75, 3.05) is 19.0 Å². The molecule has 1 aliphatic rings. The normalized spacial score (nSPS) is 22.2. The standard InChI is InChI=1S/C18H24N4O3S2/c1-11(2)12-4-6-13(7-5-12)19-17-20-22(18(26)27-17)10-21-9-14(23)8-15(21)16(24)25-3/h4-7,11,14-15,23H,8-10H2,1-3H3,(H,19,20)/p+1/t14-,15+/m1/s1. The number of ether oxygens (including phenoxy) is 1. The Labute approximate surface area is 167 Å². The number of likely N-dealkylation sites (tertiary alicyclic amines) is 1. The first-order valence-corrected chi connectivity index (χ1v) is 10.1. The number of esters is 1. The van der Waals surface area contributed by atoms with Crippen molar-refractivity contribution in [1.82, 2.24) is 9.78 Å². The summed E-state index contributed by atoms with van der Waals surface area (Å²) < 4.78 is 7.18. The van der Waals surface area contributed by atoms with Gasteiger partial charge in [0.15, 0.2) is 16.7 Å². The molecule has 0 bridgehead atoms. The van der Waals surface area contributed by atoms with Gasteiger partial charge in [0.2, 0.25) is 5.13 Å². The average Bonchev–Trinajstić information content (AvgIpc) is 3.17. The van der Waals surface area contributed by atoms with E-state index in [-0.39, 0.29) is 5.97 Å². The van der Waals surface area contributed by atoms with Crippen molar-refractivity contribution in [3.05, 3.63) is 33.8 Å². The van der Waals surface area contributed by atoms with Gasteiger partial charge in [0.05, 0.1) is 7.11 Å². The molecule has 0 saturated carbocycles. The van der Waals surface area contributed by atoms with E-state index < -0.39 is 12.1 Å². The van der Waals surface area contributed by atoms with Gasteiger partial charge in [0.25, 0.3) is 0 Å². The van der Waals surface area contributed by atoms with Crippen LogP contribution in [0.1, 0.15) is 31.7 Å². The predicted octanol–water partition coefficient (Wildman–Crippen LogP) is 1.69. The number of aliphatic hydroxyl groups is 1. The van der Waals surface area contributed by atoms with Gasteiger partial charge in [-0.05, 0) is 35.8 Å². The molecular formula is C18H25N4O3S2+. The third-order valence-electron chi connectivity index (χ3n) is 4.77. The van der Waals surface area contributed by atoms with Crippen molar-refractivity contribution in [3.8, 4) is 0 Å². The average molecular weight is 410 g/mol. The third kappa shape index (κ3) is 4.73. The van der Waals surface area contributed by atoms with E-state index in [1.807, 2.05) is 12.1 Å². The fourth-order valence-electron chi connectivity index (χ4n) is 3.27. The number of hydrogen-bond donors (Lipinski definition) is 3. The molecule has 1 aromatic carbocycles. The van der Waals surface area contributed by atoms with Crippen molar-refractivity contribution < 1.29 is 19.5 Å². The van der Waals surface area contributed by atoms with E-state index in [9.17, 15) is 9.90 Å². The van der Waals surface area contributed by atoms with Gasteiger partial charge in [-0.2, -0.15) is 4.68 Å². The van der Waals surface area contributed by atoms with Gasteiger partial charge < -0.3 is 20.1 Å². The number of anilines is 2. The third-order valence-corrected chi connectivity index (χ3v) is 6.00. The lowest BCUT2D eigenvalue weighted by Gasteiger charge is -2.18. The number of nitrogens with one attached hydrogen (secondary N) is 2. The maximum Gasteiger partial charge on any atom is 0.364 e. The zero-order valence-corrected chi connectivity index (χ0v) is 17.3. The van der Waals surface area contributed by atoms with Crippen LogP contribution in [0.25, 0.3) is 0 Å². The first kappa shape index (κ1) is 19.9. The molecule has 3 atom stereocenters. The molecule has 1 aromatic heterocycles. The fourth-order valence-corrected chi connectivity index (χ4v) is 4.30. The van der Waals surface area contributed by atoms with E-state index in [0.717, 1.165) is 10.6 Å². The molecule has 146 valence electrons. The zero-order chi connectivity index (χ0) is 19.6. The second-order valence-corrected chi connectivity index (χ2v) is 8.68. The van der Waals surface area contributed by atoms with Crippen LogP contribution in [0.4, 0.5) is 10.8 Å². The number of nitrogens with zero attached hydrogens (tertiary/aromatic N) is 2. The summed E-state index contributed by atoms with van der Waals surface area (Å²) in [5.41, 5.74) is 2.23. The first-order chi connectivity index (χ1) is 12.9. The Morgan fingerprint density at radius 3 is 2.81 bits per heavy atom. The van der Waals surface area contributed by atoms with Crippen LogP contribution < -0.4 is 10.2 Å². The highest BCUT2D eigenvalue weighted by Gasteiger charge is 2.41. The molecule has 0 aliphatic carbocycles. The van der Waals surface area contributed by atoms with Crippen LogP contribution >= 0.6 is 23.6 Å². The molecule has 3 rings (SSSR count). The second kappa shape index (κ2) is 8.47. The van der Waals surface area contributed by atoms with Gasteiger partial charge in [0, 0.05) is 12.1 Å². The van der Waals surface area contributed by atoms with Gasteiger partial charge in [-0.15, -0.1) is 5.10 Å². The molecule has 9 heteroatoms. The summed E-state index contributed by atoms with van der Waals surface area (Å²) in [6, 6.07) is 7.85. The summed E-state index contributed by atoms with van der Waals surface area (Å²) in [5.74, 6) is 0.175. The van der Waals surface area contributed by atoms with Gasteiger partial charge >= 0.3 is 5.97 Å². The number of benzene rings is 1. The van der Waals surface area contributed by atoms with E-state index in [0.29, 0.717) is 34.6 Å². The minimum Gasteiger partial charge on any atom is -0.465 e. The lowest BCUT2D eigenvalue weighted by Crippen LogP contribution is -3.14. The molecule has 1 fully saturated rings. The van der Waals surface area contributed by atoms with Crippen molar-refractivity contribution >= 4 is 40.3 Å². The first-order valence-electron chi connectivity index (χ1n) is 8.92. The largest absolute Gasteiger partial charge is 0.465 e. The molecule has 2 heterocycles. The van der Waals surface area contributed by atoms with Gasteiger partial charge in [-0.3, -0.25) is 0 Å². The number of carbonyl (C=O) groups is 1. The maximum atomic E-state index is 11.9. The number of methoxy groups -OCH3 is 1. The number of quaternary nitrogens is 1. The Morgan fingerprint density at radius 1 is 1.48 bits per heavy atom. The molecular weight excluding hydrogens is 384 g/mol. The summed E-state index contributed by atoms with van der Waals surface area (Å²) in [6.45, 7) is 5.21. The van der Waals surface area contributed by atoms with E-state index >= 15 is 0 Å². The van der Waals surface area contributed by atoms with Gasteiger partial charge in [-0.1, -0.05) is 37.3 Å². The SMILES string of the molecule is COC(=O)[C@@H]1C[C@@H](O)C[NH+]1Cn1nc(Nc2ccc(C(C)C)cc2)sc1=S. The molecule has 0 radical (unpaired) electrons. The Balaban J connectivity index is 1.71. The molecule has 0 spiro atoms. The monoisotopic (exact) mass is 409 g/mol. The highest BCUT2D eigenvalue weighted by molar-refractivity contribution is 7.73. The summed E-state index contributed by atoms with van der Waals surface area (Å²) in [5, 5.41) is 18.4. The quantitative estimate of drug-likeness (QED) is 0.498. The lowest BCUT2D eigenvalue weighted by atomic mass is 10.0. The molecule has 0 amide bonds. The van der Waals surface area contributed by atoms with Crippen LogP contribution in [0.5, 0.6) is 0 Å². The second-order valence-electron chi connectivity index (χ2n) is 7.06. The molecule has 3 N–H and O–H groups in total. The van der Waals surface area contributed by atoms with Crippen molar-refractivity contribution in [1.29, 1.82) is 0 Å². The lowest BCUT2D eigenvalue weighted by molar-refractivity contribution is -0.928. The number of rotatable bonds is 6. The van der Waals surface area contributed by atoms with Crippen LogP contribution in [0.15, 0.2) is 24.3 Å². The Bertz CT molecular complexity index is 847. The highest BCUT2D eigenvalue weighted by Crippen LogP contribution is 2.22. The number of aliphatic hydroxyl groups excluding tert-OH is 1. The molecule has 7 nitrogen and oxygen atoms in total. The highest BCUT2D eigenvalue weighted by atomic mass is 32.1.